The predicted octanol–water partition coefficient (Wildman–Crippen LogP) is 5.39. The predicted molar refractivity (Wildman–Crippen MR) is 162 cm³/mol. The van der Waals surface area contributed by atoms with Crippen LogP contribution in [0.25, 0.3) is 5.70 Å². The summed E-state index contributed by atoms with van der Waals surface area (Å²) in [6.45, 7) is 8.51. The Morgan fingerprint density at radius 1 is 1.00 bits per heavy atom. The highest BCUT2D eigenvalue weighted by Gasteiger charge is 2.24. The number of amides is 1. The molecule has 0 unspecified atom stereocenters. The molecule has 8 nitrogen and oxygen atoms in total. The van der Waals surface area contributed by atoms with Crippen molar-refractivity contribution in [1.29, 1.82) is 10.5 Å². The number of nitrogens with zero attached hydrogens (tertiary/aromatic N) is 5. The molecule has 2 saturated heterocycles. The number of ether oxygens (including phenoxy) is 1. The first-order valence-corrected chi connectivity index (χ1v) is 14.6. The van der Waals surface area contributed by atoms with E-state index >= 15 is 0 Å². The molecule has 2 aromatic carbocycles. The summed E-state index contributed by atoms with van der Waals surface area (Å²) in [6, 6.07) is 20.9. The number of hydrogen-bond donors (Lipinski definition) is 1. The fourth-order valence-corrected chi connectivity index (χ4v) is 5.63. The third kappa shape index (κ3) is 7.28. The largest absolute Gasteiger partial charge is 0.490 e. The van der Waals surface area contributed by atoms with Gasteiger partial charge in [-0.05, 0) is 54.8 Å². The Bertz CT molecular complexity index is 1490. The van der Waals surface area contributed by atoms with Crippen LogP contribution in [0.2, 0.25) is 5.02 Å². The van der Waals surface area contributed by atoms with Crippen molar-refractivity contribution in [3.05, 3.63) is 100 Å². The summed E-state index contributed by atoms with van der Waals surface area (Å²) in [5.41, 5.74) is 4.47. The van der Waals surface area contributed by atoms with Crippen molar-refractivity contribution in [2.75, 3.05) is 26.2 Å². The van der Waals surface area contributed by atoms with E-state index in [-0.39, 0.29) is 18.1 Å². The summed E-state index contributed by atoms with van der Waals surface area (Å²) in [4.78, 5) is 21.9. The van der Waals surface area contributed by atoms with Gasteiger partial charge in [0.15, 0.2) is 0 Å². The number of aromatic nitrogens is 1. The van der Waals surface area contributed by atoms with E-state index in [4.69, 9.17) is 26.9 Å². The van der Waals surface area contributed by atoms with Crippen molar-refractivity contribution >= 4 is 23.2 Å². The van der Waals surface area contributed by atoms with Gasteiger partial charge < -0.3 is 15.0 Å². The SMILES string of the molecule is C=C(c1ccc(C(=O)NC2CCN(Cc3ccc(C#N)cc3)CC2)nc1)N1CCC(Oc2ccc(C#N)c(Cl)c2)CC1. The molecule has 0 aliphatic carbocycles. The van der Waals surface area contributed by atoms with Gasteiger partial charge in [0.25, 0.3) is 5.91 Å². The molecule has 2 aliphatic rings. The Kier molecular flexibility index (Phi) is 9.38. The fourth-order valence-electron chi connectivity index (χ4n) is 5.41. The van der Waals surface area contributed by atoms with Gasteiger partial charge >= 0.3 is 0 Å². The average molecular weight is 581 g/mol. The van der Waals surface area contributed by atoms with Crippen molar-refractivity contribution in [2.24, 2.45) is 0 Å². The molecule has 3 aromatic rings. The maximum absolute atomic E-state index is 12.9. The molecule has 5 rings (SSSR count). The molecule has 2 fully saturated rings. The molecule has 1 amide bonds. The minimum absolute atomic E-state index is 0.0603. The van der Waals surface area contributed by atoms with Crippen LogP contribution in [0.1, 0.15) is 58.4 Å². The smallest absolute Gasteiger partial charge is 0.270 e. The van der Waals surface area contributed by atoms with Crippen molar-refractivity contribution in [1.82, 2.24) is 20.1 Å². The second-order valence-corrected chi connectivity index (χ2v) is 11.2. The molecule has 42 heavy (non-hydrogen) atoms. The van der Waals surface area contributed by atoms with Gasteiger partial charge in [-0.3, -0.25) is 14.7 Å². The number of pyridine rings is 1. The number of nitrogens with one attached hydrogen (secondary N) is 1. The van der Waals surface area contributed by atoms with E-state index in [1.165, 1.54) is 5.56 Å². The first-order chi connectivity index (χ1) is 20.4. The average Bonchev–Trinajstić information content (AvgIpc) is 3.02. The lowest BCUT2D eigenvalue weighted by molar-refractivity contribution is 0.0904. The number of carbonyl (C=O) groups excluding carboxylic acids is 1. The third-order valence-corrected chi connectivity index (χ3v) is 8.24. The number of halogens is 1. The number of benzene rings is 2. The second kappa shape index (κ2) is 13.5. The highest BCUT2D eigenvalue weighted by molar-refractivity contribution is 6.31. The summed E-state index contributed by atoms with van der Waals surface area (Å²) in [7, 11) is 0. The second-order valence-electron chi connectivity index (χ2n) is 10.8. The summed E-state index contributed by atoms with van der Waals surface area (Å²) in [6.07, 6.45) is 5.21. The molecule has 9 heteroatoms. The number of piperidine rings is 2. The maximum atomic E-state index is 12.9. The molecule has 0 radical (unpaired) electrons. The molecular weight excluding hydrogens is 548 g/mol. The Labute approximate surface area is 251 Å². The third-order valence-electron chi connectivity index (χ3n) is 7.93. The number of likely N-dealkylation sites (tertiary alicyclic amines) is 2. The summed E-state index contributed by atoms with van der Waals surface area (Å²) < 4.78 is 6.09. The van der Waals surface area contributed by atoms with Crippen LogP contribution >= 0.6 is 11.6 Å². The lowest BCUT2D eigenvalue weighted by Crippen LogP contribution is -2.44. The van der Waals surface area contributed by atoms with Gasteiger partial charge in [0.2, 0.25) is 0 Å². The fraction of sp³-hybridized carbons (Fsp3) is 0.333. The molecule has 0 spiro atoms. The molecule has 2 aliphatic heterocycles. The molecular formula is C33H33ClN6O2. The minimum atomic E-state index is -0.154. The van der Waals surface area contributed by atoms with Crippen LogP contribution < -0.4 is 10.1 Å². The summed E-state index contributed by atoms with van der Waals surface area (Å²) >= 11 is 6.13. The number of hydrogen-bond acceptors (Lipinski definition) is 7. The van der Waals surface area contributed by atoms with Crippen molar-refractivity contribution in [2.45, 2.75) is 44.4 Å². The number of nitriles is 2. The monoisotopic (exact) mass is 580 g/mol. The summed E-state index contributed by atoms with van der Waals surface area (Å²) in [5.74, 6) is 0.515. The highest BCUT2D eigenvalue weighted by Crippen LogP contribution is 2.27. The Hall–Kier alpha value is -4.37. The lowest BCUT2D eigenvalue weighted by Gasteiger charge is -2.35. The minimum Gasteiger partial charge on any atom is -0.490 e. The Morgan fingerprint density at radius 3 is 2.36 bits per heavy atom. The van der Waals surface area contributed by atoms with Gasteiger partial charge in [-0.1, -0.05) is 30.3 Å². The molecule has 214 valence electrons. The normalized spacial score (nSPS) is 16.3. The van der Waals surface area contributed by atoms with Gasteiger partial charge in [0.05, 0.1) is 22.2 Å². The van der Waals surface area contributed by atoms with Gasteiger partial charge in [-0.25, -0.2) is 0 Å². The van der Waals surface area contributed by atoms with E-state index in [0.29, 0.717) is 27.6 Å². The van der Waals surface area contributed by atoms with Gasteiger partial charge in [0.1, 0.15) is 23.6 Å². The first kappa shape index (κ1) is 29.1. The maximum Gasteiger partial charge on any atom is 0.270 e. The van der Waals surface area contributed by atoms with Crippen LogP contribution in [0.3, 0.4) is 0 Å². The van der Waals surface area contributed by atoms with Crippen LogP contribution in [0.4, 0.5) is 0 Å². The van der Waals surface area contributed by atoms with Gasteiger partial charge in [-0.15, -0.1) is 0 Å². The standard InChI is InChI=1S/C33H33ClN6O2/c1-23(40-16-12-29(13-17-40)42-30-8-6-26(20-36)31(34)18-30)27-7-9-32(37-21-27)33(41)38-28-10-14-39(15-11-28)22-25-4-2-24(19-35)3-5-25/h2-9,18,21,28-29H,1,10-17,22H2,(H,38,41). The Morgan fingerprint density at radius 2 is 1.74 bits per heavy atom. The molecule has 0 saturated carbocycles. The van der Waals surface area contributed by atoms with Crippen LogP contribution in [-0.2, 0) is 6.54 Å². The molecule has 0 bridgehead atoms. The zero-order chi connectivity index (χ0) is 29.5. The van der Waals surface area contributed by atoms with Gasteiger partial charge in [-0.2, -0.15) is 10.5 Å². The van der Waals surface area contributed by atoms with E-state index in [1.807, 2.05) is 30.3 Å². The topological polar surface area (TPSA) is 105 Å². The van der Waals surface area contributed by atoms with E-state index in [0.717, 1.165) is 69.7 Å². The molecule has 1 aromatic heterocycles. The van der Waals surface area contributed by atoms with Crippen molar-refractivity contribution in [3.63, 3.8) is 0 Å². The number of carbonyl (C=O) groups is 1. The zero-order valence-electron chi connectivity index (χ0n) is 23.4. The van der Waals surface area contributed by atoms with E-state index in [1.54, 1.807) is 30.5 Å². The molecule has 1 N–H and O–H groups in total. The zero-order valence-corrected chi connectivity index (χ0v) is 24.2. The van der Waals surface area contributed by atoms with Gasteiger partial charge in [0, 0.05) is 75.1 Å². The molecule has 0 atom stereocenters. The van der Waals surface area contributed by atoms with E-state index in [9.17, 15) is 4.79 Å². The van der Waals surface area contributed by atoms with Crippen molar-refractivity contribution < 1.29 is 9.53 Å². The van der Waals surface area contributed by atoms with Crippen LogP contribution in [0.5, 0.6) is 5.75 Å². The van der Waals surface area contributed by atoms with E-state index in [2.05, 4.69) is 38.8 Å². The van der Waals surface area contributed by atoms with Crippen LogP contribution in [0.15, 0.2) is 67.4 Å². The Balaban J connectivity index is 1.05. The lowest BCUT2D eigenvalue weighted by atomic mass is 10.0. The summed E-state index contributed by atoms with van der Waals surface area (Å²) in [5, 5.41) is 21.6. The van der Waals surface area contributed by atoms with Crippen molar-refractivity contribution in [3.8, 4) is 17.9 Å². The molecule has 3 heterocycles. The number of rotatable bonds is 8. The van der Waals surface area contributed by atoms with E-state index < -0.39 is 0 Å². The first-order valence-electron chi connectivity index (χ1n) is 14.2. The van der Waals surface area contributed by atoms with Crippen LogP contribution in [0, 0.1) is 22.7 Å². The quantitative estimate of drug-likeness (QED) is 0.381. The highest BCUT2D eigenvalue weighted by atomic mass is 35.5. The van der Waals surface area contributed by atoms with Crippen LogP contribution in [-0.4, -0.2) is 59.0 Å².